The van der Waals surface area contributed by atoms with Crippen LogP contribution in [0.2, 0.25) is 0 Å². The van der Waals surface area contributed by atoms with Crippen LogP contribution in [0.4, 0.5) is 4.39 Å². The van der Waals surface area contributed by atoms with E-state index in [-0.39, 0.29) is 29.4 Å². The largest absolute Gasteiger partial charge is 0.392 e. The smallest absolute Gasteiger partial charge is 0.123 e. The Hall–Kier alpha value is -1.78. The second kappa shape index (κ2) is 12.0. The Morgan fingerprint density at radius 1 is 1.03 bits per heavy atom. The molecule has 1 atom stereocenters. The van der Waals surface area contributed by atoms with Crippen LogP contribution in [-0.4, -0.2) is 35.8 Å². The molecular formula is C23H30BrFN2O2. The third kappa shape index (κ3) is 6.90. The summed E-state index contributed by atoms with van der Waals surface area (Å²) in [6, 6.07) is 12.8. The van der Waals surface area contributed by atoms with Crippen LogP contribution in [-0.2, 0) is 12.2 Å². The van der Waals surface area contributed by atoms with E-state index in [4.69, 9.17) is 5.26 Å². The van der Waals surface area contributed by atoms with Crippen molar-refractivity contribution in [3.05, 3.63) is 70.5 Å². The zero-order valence-corrected chi connectivity index (χ0v) is 18.8. The molecule has 0 aliphatic carbocycles. The van der Waals surface area contributed by atoms with Crippen molar-refractivity contribution < 1.29 is 14.6 Å². The quantitative estimate of drug-likeness (QED) is 0.507. The van der Waals surface area contributed by atoms with E-state index in [9.17, 15) is 14.6 Å². The average molecular weight is 465 g/mol. The molecule has 0 amide bonds. The molecule has 158 valence electrons. The third-order valence-electron chi connectivity index (χ3n) is 5.07. The molecule has 29 heavy (non-hydrogen) atoms. The van der Waals surface area contributed by atoms with Crippen molar-refractivity contribution in [1.29, 1.82) is 5.26 Å². The minimum Gasteiger partial charge on any atom is -0.392 e. The van der Waals surface area contributed by atoms with Gasteiger partial charge in [-0.25, -0.2) is 4.39 Å². The van der Waals surface area contributed by atoms with Crippen LogP contribution >= 0.6 is 17.0 Å². The first-order chi connectivity index (χ1) is 13.4. The summed E-state index contributed by atoms with van der Waals surface area (Å²) in [5.74, 6) is -0.364. The Morgan fingerprint density at radius 3 is 2.28 bits per heavy atom. The average Bonchev–Trinajstić information content (AvgIpc) is 2.70. The maximum atomic E-state index is 13.4. The van der Waals surface area contributed by atoms with Gasteiger partial charge in [0.2, 0.25) is 0 Å². The summed E-state index contributed by atoms with van der Waals surface area (Å²) in [7, 11) is 4.10. The van der Waals surface area contributed by atoms with E-state index in [2.05, 4.69) is 25.1 Å². The maximum absolute atomic E-state index is 13.4. The van der Waals surface area contributed by atoms with Crippen molar-refractivity contribution in [1.82, 2.24) is 4.90 Å². The third-order valence-corrected chi connectivity index (χ3v) is 5.07. The highest BCUT2D eigenvalue weighted by Gasteiger charge is 2.33. The predicted molar refractivity (Wildman–Crippen MR) is 118 cm³/mol. The second-order valence-corrected chi connectivity index (χ2v) is 7.48. The number of benzene rings is 2. The molecule has 0 bridgehead atoms. The number of hydrogen-bond donors (Lipinski definition) is 2. The lowest BCUT2D eigenvalue weighted by Crippen LogP contribution is -2.29. The Kier molecular flexibility index (Phi) is 10.5. The fourth-order valence-electron chi connectivity index (χ4n) is 3.52. The molecule has 0 radical (unpaired) electrons. The normalized spacial score (nSPS) is 12.9. The summed E-state index contributed by atoms with van der Waals surface area (Å²) < 4.78 is 13.4. The summed E-state index contributed by atoms with van der Waals surface area (Å²) in [5, 5.41) is 30.6. The molecule has 0 unspecified atom stereocenters. The van der Waals surface area contributed by atoms with E-state index >= 15 is 0 Å². The van der Waals surface area contributed by atoms with Crippen LogP contribution in [0.1, 0.15) is 54.4 Å². The van der Waals surface area contributed by atoms with Gasteiger partial charge in [0.1, 0.15) is 11.4 Å². The summed E-state index contributed by atoms with van der Waals surface area (Å²) in [4.78, 5) is 2.15. The zero-order chi connectivity index (χ0) is 20.6. The lowest BCUT2D eigenvalue weighted by molar-refractivity contribution is 0.0653. The topological polar surface area (TPSA) is 67.5 Å². The van der Waals surface area contributed by atoms with Gasteiger partial charge in [-0.15, -0.1) is 17.0 Å². The molecule has 0 heterocycles. The molecule has 0 aliphatic heterocycles. The predicted octanol–water partition coefficient (Wildman–Crippen LogP) is 4.52. The molecule has 0 spiro atoms. The van der Waals surface area contributed by atoms with Crippen LogP contribution < -0.4 is 0 Å². The fourth-order valence-corrected chi connectivity index (χ4v) is 3.52. The van der Waals surface area contributed by atoms with Crippen molar-refractivity contribution in [2.24, 2.45) is 0 Å². The number of halogens is 2. The first kappa shape index (κ1) is 25.3. The summed E-state index contributed by atoms with van der Waals surface area (Å²) in [5.41, 5.74) is 0.744. The molecule has 2 rings (SSSR count). The minimum absolute atomic E-state index is 0. The summed E-state index contributed by atoms with van der Waals surface area (Å²) in [6.45, 7) is 0.754. The molecule has 2 aromatic carbocycles. The van der Waals surface area contributed by atoms with Crippen molar-refractivity contribution in [2.75, 3.05) is 20.6 Å². The van der Waals surface area contributed by atoms with E-state index in [1.165, 1.54) is 12.1 Å². The van der Waals surface area contributed by atoms with Crippen molar-refractivity contribution in [3.63, 3.8) is 0 Å². The highest BCUT2D eigenvalue weighted by Crippen LogP contribution is 2.37. The van der Waals surface area contributed by atoms with Gasteiger partial charge >= 0.3 is 0 Å². The van der Waals surface area contributed by atoms with E-state index in [0.717, 1.165) is 32.2 Å². The molecule has 0 saturated heterocycles. The monoisotopic (exact) mass is 464 g/mol. The molecule has 2 N–H and O–H groups in total. The lowest BCUT2D eigenvalue weighted by Gasteiger charge is -2.31. The van der Waals surface area contributed by atoms with E-state index < -0.39 is 5.60 Å². The van der Waals surface area contributed by atoms with Gasteiger partial charge in [0.15, 0.2) is 0 Å². The molecular weight excluding hydrogens is 435 g/mol. The Morgan fingerprint density at radius 2 is 1.69 bits per heavy atom. The molecule has 2 aromatic rings. The number of nitriles is 1. The van der Waals surface area contributed by atoms with E-state index in [1.54, 1.807) is 30.3 Å². The number of unbranched alkanes of at least 4 members (excludes halogenated alkanes) is 3. The number of aliphatic hydroxyl groups excluding tert-OH is 1. The van der Waals surface area contributed by atoms with Crippen molar-refractivity contribution >= 4 is 17.0 Å². The Labute approximate surface area is 183 Å². The molecule has 0 fully saturated rings. The van der Waals surface area contributed by atoms with E-state index in [1.807, 2.05) is 0 Å². The lowest BCUT2D eigenvalue weighted by atomic mass is 9.79. The number of nitrogens with zero attached hydrogens (tertiary/aromatic N) is 2. The van der Waals surface area contributed by atoms with Crippen LogP contribution in [0.5, 0.6) is 0 Å². The number of rotatable bonds is 10. The molecule has 6 heteroatoms. The molecule has 0 aliphatic rings. The van der Waals surface area contributed by atoms with Gasteiger partial charge in [0.25, 0.3) is 0 Å². The summed E-state index contributed by atoms with van der Waals surface area (Å²) in [6.07, 6.45) is 4.40. The standard InChI is InChI=1S/C23H29FN2O2.BrH/c1-26(2)14-6-4-3-5-13-23(28,20-8-10-21(24)11-9-20)22-12-7-18(16-25)15-19(22)17-27;/h7-12,15,27-28H,3-6,13-14,17H2,1-2H3;1H/t23-;/m1./s1. The van der Waals surface area contributed by atoms with Crippen molar-refractivity contribution in [2.45, 2.75) is 44.3 Å². The first-order valence-corrected chi connectivity index (χ1v) is 9.68. The SMILES string of the molecule is Br.CN(C)CCCCCC[C@@](O)(c1ccc(F)cc1)c1ccc(C#N)cc1CO. The van der Waals surface area contributed by atoms with Gasteiger partial charge in [-0.2, -0.15) is 5.26 Å². The van der Waals surface area contributed by atoms with Crippen molar-refractivity contribution in [3.8, 4) is 6.07 Å². The highest BCUT2D eigenvalue weighted by molar-refractivity contribution is 8.93. The van der Waals surface area contributed by atoms with Gasteiger partial charge < -0.3 is 15.1 Å². The maximum Gasteiger partial charge on any atom is 0.123 e. The van der Waals surface area contributed by atoms with Gasteiger partial charge in [-0.1, -0.05) is 31.0 Å². The minimum atomic E-state index is -1.35. The first-order valence-electron chi connectivity index (χ1n) is 9.68. The van der Waals surface area contributed by atoms with Gasteiger partial charge in [0.05, 0.1) is 18.2 Å². The highest BCUT2D eigenvalue weighted by atomic mass is 79.9. The van der Waals surface area contributed by atoms with Gasteiger partial charge in [0, 0.05) is 0 Å². The van der Waals surface area contributed by atoms with Crippen LogP contribution in [0.3, 0.4) is 0 Å². The van der Waals surface area contributed by atoms with Crippen LogP contribution in [0.25, 0.3) is 0 Å². The zero-order valence-electron chi connectivity index (χ0n) is 17.1. The van der Waals surface area contributed by atoms with Gasteiger partial charge in [-0.05, 0) is 80.9 Å². The van der Waals surface area contributed by atoms with Crippen LogP contribution in [0, 0.1) is 17.1 Å². The number of hydrogen-bond acceptors (Lipinski definition) is 4. The Bertz CT molecular complexity index is 806. The molecule has 0 aromatic heterocycles. The van der Waals surface area contributed by atoms with Gasteiger partial charge in [-0.3, -0.25) is 0 Å². The summed E-state index contributed by atoms with van der Waals surface area (Å²) >= 11 is 0. The molecule has 4 nitrogen and oxygen atoms in total. The second-order valence-electron chi connectivity index (χ2n) is 7.48. The molecule has 0 saturated carbocycles. The Balaban J connectivity index is 0.00000420. The van der Waals surface area contributed by atoms with E-state index in [0.29, 0.717) is 28.7 Å². The number of aliphatic hydroxyl groups is 2. The van der Waals surface area contributed by atoms with Crippen LogP contribution in [0.15, 0.2) is 42.5 Å². The fraction of sp³-hybridized carbons (Fsp3) is 0.435.